The second-order valence-corrected chi connectivity index (χ2v) is 5.52. The van der Waals surface area contributed by atoms with Gasteiger partial charge in [0.2, 0.25) is 5.91 Å². The molecule has 0 heterocycles. The molecule has 0 bridgehead atoms. The smallest absolute Gasteiger partial charge is 0.247 e. The van der Waals surface area contributed by atoms with Crippen LogP contribution in [-0.2, 0) is 9.53 Å². The van der Waals surface area contributed by atoms with Crippen molar-refractivity contribution < 1.29 is 9.53 Å². The summed E-state index contributed by atoms with van der Waals surface area (Å²) in [5.41, 5.74) is -0.618. The van der Waals surface area contributed by atoms with Crippen LogP contribution in [0.25, 0.3) is 0 Å². The average Bonchev–Trinajstić information content (AvgIpc) is 2.87. The lowest BCUT2D eigenvalue weighted by Crippen LogP contribution is -2.47. The van der Waals surface area contributed by atoms with Gasteiger partial charge < -0.3 is 10.1 Å². The van der Waals surface area contributed by atoms with Gasteiger partial charge in [0, 0.05) is 0 Å². The molecular weight excluding hydrogens is 228 g/mol. The fourth-order valence-electron chi connectivity index (χ4n) is 2.97. The van der Waals surface area contributed by atoms with Gasteiger partial charge in [-0.2, -0.15) is 5.26 Å². The van der Waals surface area contributed by atoms with Crippen LogP contribution in [0.3, 0.4) is 0 Å². The van der Waals surface area contributed by atoms with Crippen LogP contribution in [0.15, 0.2) is 0 Å². The molecular formula is C14H22N2O2. The number of hydrogen-bond donors (Lipinski definition) is 1. The molecule has 0 atom stereocenters. The topological polar surface area (TPSA) is 62.1 Å². The highest BCUT2D eigenvalue weighted by molar-refractivity contribution is 5.78. The van der Waals surface area contributed by atoms with E-state index in [1.807, 2.05) is 0 Å². The van der Waals surface area contributed by atoms with E-state index >= 15 is 0 Å². The standard InChI is InChI=1S/C14H22N2O2/c15-11-14(8-4-5-9-14)16-13(17)10-18-12-6-2-1-3-7-12/h12H,1-10H2,(H,16,17). The SMILES string of the molecule is N#CC1(NC(=O)COC2CCCCC2)CCCC1. The first-order valence-electron chi connectivity index (χ1n) is 7.08. The highest BCUT2D eigenvalue weighted by Crippen LogP contribution is 2.28. The molecule has 18 heavy (non-hydrogen) atoms. The number of hydrogen-bond acceptors (Lipinski definition) is 3. The average molecular weight is 250 g/mol. The van der Waals surface area contributed by atoms with E-state index in [0.717, 1.165) is 38.5 Å². The van der Waals surface area contributed by atoms with E-state index in [4.69, 9.17) is 4.74 Å². The predicted molar refractivity (Wildman–Crippen MR) is 67.8 cm³/mol. The number of nitrogens with zero attached hydrogens (tertiary/aromatic N) is 1. The summed E-state index contributed by atoms with van der Waals surface area (Å²) in [6, 6.07) is 2.26. The Balaban J connectivity index is 1.73. The highest BCUT2D eigenvalue weighted by Gasteiger charge is 2.35. The predicted octanol–water partition coefficient (Wildman–Crippen LogP) is 2.29. The van der Waals surface area contributed by atoms with Gasteiger partial charge >= 0.3 is 0 Å². The fraction of sp³-hybridized carbons (Fsp3) is 0.857. The van der Waals surface area contributed by atoms with Crippen LogP contribution in [0.5, 0.6) is 0 Å². The zero-order chi connectivity index (χ0) is 12.8. The number of carbonyl (C=O) groups excluding carboxylic acids is 1. The molecule has 1 N–H and O–H groups in total. The molecule has 0 unspecified atom stereocenters. The van der Waals surface area contributed by atoms with Gasteiger partial charge in [0.1, 0.15) is 12.1 Å². The number of carbonyl (C=O) groups is 1. The number of amides is 1. The van der Waals surface area contributed by atoms with Crippen molar-refractivity contribution in [2.24, 2.45) is 0 Å². The fourth-order valence-corrected chi connectivity index (χ4v) is 2.97. The number of nitrogens with one attached hydrogen (secondary N) is 1. The van der Waals surface area contributed by atoms with Gasteiger partial charge in [0.25, 0.3) is 0 Å². The molecule has 2 fully saturated rings. The maximum atomic E-state index is 11.8. The molecule has 2 rings (SSSR count). The molecule has 2 aliphatic rings. The highest BCUT2D eigenvalue weighted by atomic mass is 16.5. The summed E-state index contributed by atoms with van der Waals surface area (Å²) in [6.45, 7) is 0.105. The lowest BCUT2D eigenvalue weighted by atomic mass is 9.98. The van der Waals surface area contributed by atoms with E-state index in [0.29, 0.717) is 0 Å². The molecule has 0 saturated heterocycles. The van der Waals surface area contributed by atoms with Gasteiger partial charge in [-0.05, 0) is 38.5 Å². The van der Waals surface area contributed by atoms with E-state index in [2.05, 4.69) is 11.4 Å². The van der Waals surface area contributed by atoms with Crippen molar-refractivity contribution in [3.05, 3.63) is 0 Å². The summed E-state index contributed by atoms with van der Waals surface area (Å²) in [5.74, 6) is -0.135. The van der Waals surface area contributed by atoms with Gasteiger partial charge in [-0.3, -0.25) is 4.79 Å². The normalized spacial score (nSPS) is 23.5. The van der Waals surface area contributed by atoms with E-state index in [-0.39, 0.29) is 18.6 Å². The molecule has 0 aromatic heterocycles. The van der Waals surface area contributed by atoms with Crippen molar-refractivity contribution in [2.45, 2.75) is 69.4 Å². The number of nitriles is 1. The van der Waals surface area contributed by atoms with Crippen LogP contribution < -0.4 is 5.32 Å². The second-order valence-electron chi connectivity index (χ2n) is 5.52. The molecule has 0 aliphatic heterocycles. The molecule has 2 aliphatic carbocycles. The lowest BCUT2D eigenvalue weighted by Gasteiger charge is -2.24. The Bertz CT molecular complexity index is 323. The minimum absolute atomic E-state index is 0.105. The van der Waals surface area contributed by atoms with E-state index in [9.17, 15) is 10.1 Å². The van der Waals surface area contributed by atoms with Crippen LogP contribution in [0.1, 0.15) is 57.8 Å². The van der Waals surface area contributed by atoms with Gasteiger partial charge in [0.05, 0.1) is 12.2 Å². The summed E-state index contributed by atoms with van der Waals surface area (Å²) < 4.78 is 5.62. The number of rotatable bonds is 4. The second kappa shape index (κ2) is 6.19. The van der Waals surface area contributed by atoms with Crippen molar-refractivity contribution >= 4 is 5.91 Å². The minimum atomic E-state index is -0.618. The Labute approximate surface area is 109 Å². The van der Waals surface area contributed by atoms with Gasteiger partial charge in [-0.15, -0.1) is 0 Å². The monoisotopic (exact) mass is 250 g/mol. The van der Waals surface area contributed by atoms with Crippen LogP contribution >= 0.6 is 0 Å². The van der Waals surface area contributed by atoms with Gasteiger partial charge in [0.15, 0.2) is 0 Å². The third-order valence-corrected chi connectivity index (χ3v) is 4.05. The quantitative estimate of drug-likeness (QED) is 0.832. The van der Waals surface area contributed by atoms with Crippen molar-refractivity contribution in [1.82, 2.24) is 5.32 Å². The summed E-state index contributed by atoms with van der Waals surface area (Å²) >= 11 is 0. The first kappa shape index (κ1) is 13.4. The number of ether oxygens (including phenoxy) is 1. The molecule has 4 heteroatoms. The first-order valence-corrected chi connectivity index (χ1v) is 7.08. The molecule has 0 radical (unpaired) electrons. The Morgan fingerprint density at radius 1 is 1.22 bits per heavy atom. The molecule has 0 spiro atoms. The maximum absolute atomic E-state index is 11.8. The maximum Gasteiger partial charge on any atom is 0.247 e. The first-order chi connectivity index (χ1) is 8.74. The van der Waals surface area contributed by atoms with Crippen molar-refractivity contribution in [3.63, 3.8) is 0 Å². The van der Waals surface area contributed by atoms with Crippen LogP contribution in [0.4, 0.5) is 0 Å². The third-order valence-electron chi connectivity index (χ3n) is 4.05. The Kier molecular flexibility index (Phi) is 4.60. The molecule has 2 saturated carbocycles. The zero-order valence-corrected chi connectivity index (χ0v) is 10.9. The third kappa shape index (κ3) is 3.46. The Morgan fingerprint density at radius 3 is 2.50 bits per heavy atom. The van der Waals surface area contributed by atoms with Crippen molar-refractivity contribution in [1.29, 1.82) is 5.26 Å². The van der Waals surface area contributed by atoms with E-state index < -0.39 is 5.54 Å². The summed E-state index contributed by atoms with van der Waals surface area (Å²) in [6.07, 6.45) is 9.66. The largest absolute Gasteiger partial charge is 0.368 e. The van der Waals surface area contributed by atoms with Crippen molar-refractivity contribution in [2.75, 3.05) is 6.61 Å². The van der Waals surface area contributed by atoms with E-state index in [1.165, 1.54) is 19.3 Å². The van der Waals surface area contributed by atoms with Crippen molar-refractivity contribution in [3.8, 4) is 6.07 Å². The van der Waals surface area contributed by atoms with Crippen LogP contribution in [0, 0.1) is 11.3 Å². The van der Waals surface area contributed by atoms with E-state index in [1.54, 1.807) is 0 Å². The van der Waals surface area contributed by atoms with Gasteiger partial charge in [-0.1, -0.05) is 19.3 Å². The Hall–Kier alpha value is -1.08. The minimum Gasteiger partial charge on any atom is -0.368 e. The summed E-state index contributed by atoms with van der Waals surface area (Å²) in [7, 11) is 0. The summed E-state index contributed by atoms with van der Waals surface area (Å²) in [4.78, 5) is 11.8. The van der Waals surface area contributed by atoms with Gasteiger partial charge in [-0.25, -0.2) is 0 Å². The molecule has 4 nitrogen and oxygen atoms in total. The molecule has 0 aromatic rings. The molecule has 1 amide bonds. The Morgan fingerprint density at radius 2 is 1.89 bits per heavy atom. The summed E-state index contributed by atoms with van der Waals surface area (Å²) in [5, 5.41) is 12.0. The zero-order valence-electron chi connectivity index (χ0n) is 10.9. The van der Waals surface area contributed by atoms with Crippen LogP contribution in [0.2, 0.25) is 0 Å². The molecule has 100 valence electrons. The van der Waals surface area contributed by atoms with Crippen LogP contribution in [-0.4, -0.2) is 24.2 Å². The lowest BCUT2D eigenvalue weighted by molar-refractivity contribution is -0.129. The molecule has 0 aromatic carbocycles.